The Hall–Kier alpha value is -3.50. The summed E-state index contributed by atoms with van der Waals surface area (Å²) in [6.07, 6.45) is 2.28. The quantitative estimate of drug-likeness (QED) is 0.437. The molecule has 0 saturated carbocycles. The molecular weight excluding hydrogens is 521 g/mol. The van der Waals surface area contributed by atoms with Crippen LogP contribution in [-0.4, -0.2) is 54.4 Å². The van der Waals surface area contributed by atoms with Gasteiger partial charge in [-0.05, 0) is 42.3 Å². The van der Waals surface area contributed by atoms with Crippen molar-refractivity contribution in [1.82, 2.24) is 9.88 Å². The molecule has 8 nitrogen and oxygen atoms in total. The zero-order valence-corrected chi connectivity index (χ0v) is 21.7. The van der Waals surface area contributed by atoms with E-state index < -0.39 is 11.8 Å². The highest BCUT2D eigenvalue weighted by molar-refractivity contribution is 7.13. The van der Waals surface area contributed by atoms with Gasteiger partial charge in [-0.25, -0.2) is 14.2 Å². The van der Waals surface area contributed by atoms with E-state index in [1.807, 2.05) is 17.0 Å². The monoisotopic (exact) mass is 543 g/mol. The van der Waals surface area contributed by atoms with Gasteiger partial charge in [-0.1, -0.05) is 22.9 Å². The van der Waals surface area contributed by atoms with E-state index in [4.69, 9.17) is 16.3 Å². The molecule has 2 amide bonds. The summed E-state index contributed by atoms with van der Waals surface area (Å²) in [4.78, 5) is 44.8. The minimum Gasteiger partial charge on any atom is -0.465 e. The molecule has 11 heteroatoms. The summed E-state index contributed by atoms with van der Waals surface area (Å²) in [5.41, 5.74) is 1.25. The first-order valence-electron chi connectivity index (χ1n) is 11.6. The van der Waals surface area contributed by atoms with E-state index in [0.717, 1.165) is 23.7 Å². The molecule has 1 aromatic heterocycles. The Labute approximate surface area is 221 Å². The van der Waals surface area contributed by atoms with Crippen molar-refractivity contribution in [3.8, 4) is 10.8 Å². The second-order valence-corrected chi connectivity index (χ2v) is 10.6. The first-order valence-corrected chi connectivity index (χ1v) is 12.7. The minimum absolute atomic E-state index is 0.0142. The van der Waals surface area contributed by atoms with Crippen LogP contribution in [0.15, 0.2) is 42.6 Å². The molecule has 0 aliphatic carbocycles. The summed E-state index contributed by atoms with van der Waals surface area (Å²) >= 11 is 7.48. The largest absolute Gasteiger partial charge is 0.465 e. The van der Waals surface area contributed by atoms with Crippen LogP contribution in [0.2, 0.25) is 5.02 Å². The molecule has 3 aromatic rings. The second-order valence-electron chi connectivity index (χ2n) is 9.10. The van der Waals surface area contributed by atoms with Crippen LogP contribution >= 0.6 is 22.9 Å². The van der Waals surface area contributed by atoms with Crippen molar-refractivity contribution >= 4 is 46.4 Å². The third-order valence-electron chi connectivity index (χ3n) is 6.78. The van der Waals surface area contributed by atoms with Crippen molar-refractivity contribution in [2.75, 3.05) is 31.6 Å². The van der Waals surface area contributed by atoms with Gasteiger partial charge in [0, 0.05) is 48.7 Å². The van der Waals surface area contributed by atoms with Gasteiger partial charge in [0.25, 0.3) is 0 Å². The summed E-state index contributed by atoms with van der Waals surface area (Å²) in [5.74, 6) is -1.46. The molecule has 0 radical (unpaired) electrons. The molecule has 1 fully saturated rings. The first-order chi connectivity index (χ1) is 17.7. The number of rotatable bonds is 5. The van der Waals surface area contributed by atoms with Crippen molar-refractivity contribution in [2.45, 2.75) is 25.2 Å². The molecule has 0 bridgehead atoms. The molecule has 0 N–H and O–H groups in total. The first kappa shape index (κ1) is 25.2. The van der Waals surface area contributed by atoms with Crippen molar-refractivity contribution < 1.29 is 28.2 Å². The van der Waals surface area contributed by atoms with E-state index in [0.29, 0.717) is 34.7 Å². The number of nitrogens with zero attached hydrogens (tertiary/aromatic N) is 3. The maximum atomic E-state index is 14.2. The lowest BCUT2D eigenvalue weighted by atomic mass is 9.81. The van der Waals surface area contributed by atoms with Crippen molar-refractivity contribution in [3.05, 3.63) is 69.6 Å². The number of carbonyl (C=O) groups excluding carboxylic acids is 3. The van der Waals surface area contributed by atoms with E-state index >= 15 is 0 Å². The Morgan fingerprint density at radius 1 is 1.19 bits per heavy atom. The number of benzene rings is 2. The van der Waals surface area contributed by atoms with Gasteiger partial charge in [-0.2, -0.15) is 0 Å². The molecule has 2 aliphatic rings. The highest BCUT2D eigenvalue weighted by atomic mass is 35.5. The fraction of sp³-hybridized carbons (Fsp3) is 0.308. The Kier molecular flexibility index (Phi) is 6.63. The van der Waals surface area contributed by atoms with Gasteiger partial charge in [-0.15, -0.1) is 0 Å². The Morgan fingerprint density at radius 3 is 2.70 bits per heavy atom. The van der Waals surface area contributed by atoms with E-state index in [1.54, 1.807) is 17.9 Å². The Bertz CT molecular complexity index is 1410. The molecule has 37 heavy (non-hydrogen) atoms. The fourth-order valence-electron chi connectivity index (χ4n) is 4.95. The van der Waals surface area contributed by atoms with Gasteiger partial charge in [0.05, 0.1) is 25.3 Å². The summed E-state index contributed by atoms with van der Waals surface area (Å²) in [6, 6.07) is 9.34. The lowest BCUT2D eigenvalue weighted by Gasteiger charge is -2.25. The zero-order valence-electron chi connectivity index (χ0n) is 20.1. The lowest BCUT2D eigenvalue weighted by molar-refractivity contribution is -0.128. The summed E-state index contributed by atoms with van der Waals surface area (Å²) in [5, 5.41) is 1.51. The lowest BCUT2D eigenvalue weighted by Crippen LogP contribution is -2.40. The molecule has 2 aromatic carbocycles. The SMILES string of the molecule is COC(=O)c1ccc(Oc2cnc(CC(=O)N3CC4(CCN(C(C)=O)C4)c4cc(Cl)ccc43)s2)cc1F. The maximum Gasteiger partial charge on any atom is 0.340 e. The van der Waals surface area contributed by atoms with Gasteiger partial charge in [-0.3, -0.25) is 9.59 Å². The average molecular weight is 544 g/mol. The number of aromatic nitrogens is 1. The van der Waals surface area contributed by atoms with Gasteiger partial charge < -0.3 is 19.3 Å². The smallest absolute Gasteiger partial charge is 0.340 e. The molecule has 1 spiro atoms. The Balaban J connectivity index is 1.31. The number of ether oxygens (including phenoxy) is 2. The standard InChI is InChI=1S/C26H23ClFN3O5S/c1-15(32)30-8-7-26(13-30)14-31(21-6-3-16(27)9-19(21)26)23(33)11-22-29-12-24(37-22)36-17-4-5-18(20(28)10-17)25(34)35-2/h3-6,9-10,12H,7-8,11,13-14H2,1-2H3. The number of anilines is 1. The molecule has 1 saturated heterocycles. The third kappa shape index (κ3) is 4.78. The number of carbonyl (C=O) groups is 3. The van der Waals surface area contributed by atoms with Crippen molar-refractivity contribution in [2.24, 2.45) is 0 Å². The molecule has 5 rings (SSSR count). The summed E-state index contributed by atoms with van der Waals surface area (Å²) in [7, 11) is 1.18. The number of methoxy groups -OCH3 is 1. The van der Waals surface area contributed by atoms with Gasteiger partial charge in [0.2, 0.25) is 16.9 Å². The van der Waals surface area contributed by atoms with Crippen molar-refractivity contribution in [3.63, 3.8) is 0 Å². The van der Waals surface area contributed by atoms with E-state index in [-0.39, 0.29) is 35.0 Å². The minimum atomic E-state index is -0.776. The van der Waals surface area contributed by atoms with E-state index in [2.05, 4.69) is 9.72 Å². The molecule has 192 valence electrons. The van der Waals surface area contributed by atoms with Gasteiger partial charge in [0.1, 0.15) is 16.6 Å². The number of halogens is 2. The number of hydrogen-bond acceptors (Lipinski definition) is 7. The second kappa shape index (κ2) is 9.75. The fourth-order valence-corrected chi connectivity index (χ4v) is 5.90. The molecule has 1 atom stereocenters. The topological polar surface area (TPSA) is 89.0 Å². The van der Waals surface area contributed by atoms with Crippen LogP contribution in [-0.2, 0) is 26.2 Å². The molecule has 2 aliphatic heterocycles. The highest BCUT2D eigenvalue weighted by Gasteiger charge is 2.49. The Morgan fingerprint density at radius 2 is 2.00 bits per heavy atom. The molecule has 1 unspecified atom stereocenters. The van der Waals surface area contributed by atoms with Gasteiger partial charge >= 0.3 is 5.97 Å². The van der Waals surface area contributed by atoms with Gasteiger partial charge in [0.15, 0.2) is 0 Å². The summed E-state index contributed by atoms with van der Waals surface area (Å²) in [6.45, 7) is 3.20. The van der Waals surface area contributed by atoms with Crippen LogP contribution in [0, 0.1) is 5.82 Å². The number of likely N-dealkylation sites (tertiary alicyclic amines) is 1. The normalized spacial score (nSPS) is 18.3. The number of amides is 2. The maximum absolute atomic E-state index is 14.2. The van der Waals surface area contributed by atoms with Crippen LogP contribution in [0.1, 0.15) is 34.3 Å². The average Bonchev–Trinajstić information content (AvgIpc) is 3.57. The van der Waals surface area contributed by atoms with Crippen molar-refractivity contribution in [1.29, 1.82) is 0 Å². The third-order valence-corrected chi connectivity index (χ3v) is 7.89. The highest BCUT2D eigenvalue weighted by Crippen LogP contribution is 2.47. The number of thiazole rings is 1. The molecule has 3 heterocycles. The van der Waals surface area contributed by atoms with Crippen LogP contribution in [0.4, 0.5) is 10.1 Å². The predicted octanol–water partition coefficient (Wildman–Crippen LogP) is 4.59. The number of esters is 1. The van der Waals surface area contributed by atoms with E-state index in [1.165, 1.54) is 36.8 Å². The number of hydrogen-bond donors (Lipinski definition) is 0. The molecular formula is C26H23ClFN3O5S. The predicted molar refractivity (Wildman–Crippen MR) is 136 cm³/mol. The van der Waals surface area contributed by atoms with Crippen LogP contribution in [0.5, 0.6) is 10.8 Å². The van der Waals surface area contributed by atoms with Crippen LogP contribution in [0.3, 0.4) is 0 Å². The van der Waals surface area contributed by atoms with Crippen LogP contribution in [0.25, 0.3) is 0 Å². The zero-order chi connectivity index (χ0) is 26.3. The van der Waals surface area contributed by atoms with Crippen LogP contribution < -0.4 is 9.64 Å². The van der Waals surface area contributed by atoms with E-state index in [9.17, 15) is 18.8 Å². The number of fused-ring (bicyclic) bond motifs is 2. The summed E-state index contributed by atoms with van der Waals surface area (Å²) < 4.78 is 24.4.